The molecule has 0 atom stereocenters. The van der Waals surface area contributed by atoms with E-state index in [2.05, 4.69) is 15.6 Å². The van der Waals surface area contributed by atoms with Crippen molar-refractivity contribution in [3.63, 3.8) is 0 Å². The maximum Gasteiger partial charge on any atom is 0.256 e. The van der Waals surface area contributed by atoms with Gasteiger partial charge >= 0.3 is 0 Å². The molecular weight excluding hydrogens is 314 g/mol. The van der Waals surface area contributed by atoms with Crippen LogP contribution in [0.2, 0.25) is 0 Å². The van der Waals surface area contributed by atoms with Gasteiger partial charge in [-0.2, -0.15) is 0 Å². The second-order valence-corrected chi connectivity index (χ2v) is 5.46. The Morgan fingerprint density at radius 3 is 2.40 bits per heavy atom. The summed E-state index contributed by atoms with van der Waals surface area (Å²) < 4.78 is 0. The van der Waals surface area contributed by atoms with Crippen LogP contribution >= 0.6 is 0 Å². The van der Waals surface area contributed by atoms with E-state index in [0.29, 0.717) is 17.1 Å². The number of hydrogen-bond acceptors (Lipinski definition) is 3. The minimum Gasteiger partial charge on any atom is -0.326 e. The molecule has 2 N–H and O–H groups in total. The van der Waals surface area contributed by atoms with E-state index in [-0.39, 0.29) is 18.2 Å². The third kappa shape index (κ3) is 4.75. The van der Waals surface area contributed by atoms with Gasteiger partial charge in [0.1, 0.15) is 5.82 Å². The second-order valence-electron chi connectivity index (χ2n) is 5.46. The van der Waals surface area contributed by atoms with Gasteiger partial charge in [-0.3, -0.25) is 9.59 Å². The van der Waals surface area contributed by atoms with Crippen LogP contribution in [0, 0.1) is 0 Å². The summed E-state index contributed by atoms with van der Waals surface area (Å²) in [6, 6.07) is 21.6. The molecule has 0 saturated heterocycles. The zero-order valence-corrected chi connectivity index (χ0v) is 13.5. The predicted octanol–water partition coefficient (Wildman–Crippen LogP) is 3.52. The van der Waals surface area contributed by atoms with Gasteiger partial charge in [0.25, 0.3) is 5.91 Å². The number of benzene rings is 2. The van der Waals surface area contributed by atoms with Gasteiger partial charge in [-0.15, -0.1) is 0 Å². The van der Waals surface area contributed by atoms with Crippen molar-refractivity contribution in [2.24, 2.45) is 0 Å². The molecule has 3 aromatic rings. The van der Waals surface area contributed by atoms with Gasteiger partial charge < -0.3 is 10.6 Å². The zero-order valence-electron chi connectivity index (χ0n) is 13.5. The largest absolute Gasteiger partial charge is 0.326 e. The van der Waals surface area contributed by atoms with Gasteiger partial charge in [-0.25, -0.2) is 4.98 Å². The highest BCUT2D eigenvalue weighted by Gasteiger charge is 2.09. The minimum atomic E-state index is -0.280. The lowest BCUT2D eigenvalue weighted by atomic mass is 10.1. The van der Waals surface area contributed by atoms with Crippen LogP contribution in [-0.2, 0) is 11.2 Å². The fourth-order valence-electron chi connectivity index (χ4n) is 2.35. The van der Waals surface area contributed by atoms with Crippen LogP contribution in [0.5, 0.6) is 0 Å². The summed E-state index contributed by atoms with van der Waals surface area (Å²) in [5.74, 6) is 0.0670. The van der Waals surface area contributed by atoms with E-state index in [9.17, 15) is 9.59 Å². The molecule has 5 heteroatoms. The zero-order chi connectivity index (χ0) is 17.5. The first kappa shape index (κ1) is 16.4. The lowest BCUT2D eigenvalue weighted by molar-refractivity contribution is -0.115. The second kappa shape index (κ2) is 7.88. The molecule has 1 aromatic heterocycles. The third-order valence-corrected chi connectivity index (χ3v) is 3.52. The highest BCUT2D eigenvalue weighted by atomic mass is 16.2. The lowest BCUT2D eigenvalue weighted by Gasteiger charge is -2.08. The molecule has 0 fully saturated rings. The van der Waals surface area contributed by atoms with E-state index in [1.807, 2.05) is 30.3 Å². The molecule has 124 valence electrons. The SMILES string of the molecule is O=C(Cc1ccccc1)Nc1cccc(C(=O)Nc2ccccn2)c1. The van der Waals surface area contributed by atoms with Gasteiger partial charge in [-0.1, -0.05) is 42.5 Å². The molecule has 0 aliphatic rings. The molecule has 0 bridgehead atoms. The summed E-state index contributed by atoms with van der Waals surface area (Å²) in [5.41, 5.74) is 1.96. The number of aromatic nitrogens is 1. The van der Waals surface area contributed by atoms with Crippen LogP contribution in [-0.4, -0.2) is 16.8 Å². The molecule has 2 aromatic carbocycles. The summed E-state index contributed by atoms with van der Waals surface area (Å²) in [5, 5.41) is 5.53. The molecule has 0 unspecified atom stereocenters. The Labute approximate surface area is 145 Å². The van der Waals surface area contributed by atoms with Gasteiger partial charge in [0.2, 0.25) is 5.91 Å². The smallest absolute Gasteiger partial charge is 0.256 e. The maximum atomic E-state index is 12.3. The van der Waals surface area contributed by atoms with Crippen molar-refractivity contribution in [1.82, 2.24) is 4.98 Å². The molecule has 1 heterocycles. The average molecular weight is 331 g/mol. The molecular formula is C20H17N3O2. The molecule has 0 spiro atoms. The Morgan fingerprint density at radius 2 is 1.64 bits per heavy atom. The van der Waals surface area contributed by atoms with E-state index < -0.39 is 0 Å². The quantitative estimate of drug-likeness (QED) is 0.751. The minimum absolute atomic E-state index is 0.131. The summed E-state index contributed by atoms with van der Waals surface area (Å²) in [7, 11) is 0. The first-order chi connectivity index (χ1) is 12.2. The van der Waals surface area contributed by atoms with Crippen LogP contribution in [0.25, 0.3) is 0 Å². The van der Waals surface area contributed by atoms with Crippen LogP contribution in [0.15, 0.2) is 79.0 Å². The van der Waals surface area contributed by atoms with E-state index in [0.717, 1.165) is 5.56 Å². The standard InChI is InChI=1S/C20H17N3O2/c24-19(13-15-7-2-1-3-8-15)22-17-10-6-9-16(14-17)20(25)23-18-11-4-5-12-21-18/h1-12,14H,13H2,(H,22,24)(H,21,23,25). The monoisotopic (exact) mass is 331 g/mol. The molecule has 0 saturated carbocycles. The van der Waals surface area contributed by atoms with Crippen LogP contribution in [0.3, 0.4) is 0 Å². The molecule has 5 nitrogen and oxygen atoms in total. The van der Waals surface area contributed by atoms with Gasteiger partial charge in [0.15, 0.2) is 0 Å². The lowest BCUT2D eigenvalue weighted by Crippen LogP contribution is -2.16. The number of carbonyl (C=O) groups excluding carboxylic acids is 2. The summed E-state index contributed by atoms with van der Waals surface area (Å²) >= 11 is 0. The number of carbonyl (C=O) groups is 2. The number of amides is 2. The van der Waals surface area contributed by atoms with Crippen molar-refractivity contribution < 1.29 is 9.59 Å². The fraction of sp³-hybridized carbons (Fsp3) is 0.0500. The van der Waals surface area contributed by atoms with Crippen molar-refractivity contribution >= 4 is 23.3 Å². The van der Waals surface area contributed by atoms with Crippen molar-refractivity contribution in [3.8, 4) is 0 Å². The van der Waals surface area contributed by atoms with Crippen molar-refractivity contribution in [2.75, 3.05) is 10.6 Å². The van der Waals surface area contributed by atoms with Crippen molar-refractivity contribution in [1.29, 1.82) is 0 Å². The van der Waals surface area contributed by atoms with Gasteiger partial charge in [0.05, 0.1) is 6.42 Å². The fourth-order valence-corrected chi connectivity index (χ4v) is 2.35. The van der Waals surface area contributed by atoms with Crippen molar-refractivity contribution in [2.45, 2.75) is 6.42 Å². The number of nitrogens with zero attached hydrogens (tertiary/aromatic N) is 1. The summed E-state index contributed by atoms with van der Waals surface area (Å²) in [4.78, 5) is 28.5. The number of nitrogens with one attached hydrogen (secondary N) is 2. The Kier molecular flexibility index (Phi) is 5.16. The van der Waals surface area contributed by atoms with E-state index >= 15 is 0 Å². The number of rotatable bonds is 5. The normalized spacial score (nSPS) is 10.1. The molecule has 2 amide bonds. The summed E-state index contributed by atoms with van der Waals surface area (Å²) in [6.45, 7) is 0. The topological polar surface area (TPSA) is 71.1 Å². The van der Waals surface area contributed by atoms with Crippen LogP contribution < -0.4 is 10.6 Å². The third-order valence-electron chi connectivity index (χ3n) is 3.52. The Morgan fingerprint density at radius 1 is 0.840 bits per heavy atom. The van der Waals surface area contributed by atoms with Crippen LogP contribution in [0.4, 0.5) is 11.5 Å². The van der Waals surface area contributed by atoms with E-state index in [4.69, 9.17) is 0 Å². The summed E-state index contributed by atoms with van der Waals surface area (Å²) in [6.07, 6.45) is 1.89. The number of anilines is 2. The molecule has 0 aliphatic carbocycles. The van der Waals surface area contributed by atoms with E-state index in [1.54, 1.807) is 48.7 Å². The number of hydrogen-bond donors (Lipinski definition) is 2. The highest BCUT2D eigenvalue weighted by Crippen LogP contribution is 2.13. The van der Waals surface area contributed by atoms with Gasteiger partial charge in [-0.05, 0) is 35.9 Å². The first-order valence-corrected chi connectivity index (χ1v) is 7.87. The first-order valence-electron chi connectivity index (χ1n) is 7.87. The molecule has 0 aliphatic heterocycles. The number of pyridine rings is 1. The molecule has 25 heavy (non-hydrogen) atoms. The highest BCUT2D eigenvalue weighted by molar-refractivity contribution is 6.05. The predicted molar refractivity (Wildman–Crippen MR) is 97.4 cm³/mol. The van der Waals surface area contributed by atoms with Gasteiger partial charge in [0, 0.05) is 17.4 Å². The average Bonchev–Trinajstić information content (AvgIpc) is 2.63. The maximum absolute atomic E-state index is 12.3. The Hall–Kier alpha value is -3.47. The Bertz CT molecular complexity index is 864. The molecule has 3 rings (SSSR count). The van der Waals surface area contributed by atoms with E-state index in [1.165, 1.54) is 0 Å². The molecule has 0 radical (unpaired) electrons. The Balaban J connectivity index is 1.65. The van der Waals surface area contributed by atoms with Crippen molar-refractivity contribution in [3.05, 3.63) is 90.1 Å². The van der Waals surface area contributed by atoms with Crippen LogP contribution in [0.1, 0.15) is 15.9 Å².